The van der Waals surface area contributed by atoms with Crippen molar-refractivity contribution in [2.45, 2.75) is 33.2 Å². The zero-order valence-corrected chi connectivity index (χ0v) is 17.3. The lowest BCUT2D eigenvalue weighted by Crippen LogP contribution is -3.18. The van der Waals surface area contributed by atoms with Crippen LogP contribution in [0.15, 0.2) is 36.4 Å². The van der Waals surface area contributed by atoms with Crippen molar-refractivity contribution in [2.75, 3.05) is 45.3 Å². The predicted molar refractivity (Wildman–Crippen MR) is 112 cm³/mol. The fraction of sp³-hybridized carbons (Fsp3) is 0.478. The highest BCUT2D eigenvalue weighted by molar-refractivity contribution is 5.55. The van der Waals surface area contributed by atoms with Crippen LogP contribution < -0.4 is 19.3 Å². The second kappa shape index (κ2) is 8.66. The van der Waals surface area contributed by atoms with E-state index in [1.807, 2.05) is 6.07 Å². The third kappa shape index (κ3) is 4.56. The maximum atomic E-state index is 5.45. The van der Waals surface area contributed by atoms with Crippen molar-refractivity contribution >= 4 is 5.69 Å². The van der Waals surface area contributed by atoms with Crippen LogP contribution in [0.4, 0.5) is 5.69 Å². The molecule has 1 aliphatic rings. The Morgan fingerprint density at radius 2 is 1.67 bits per heavy atom. The summed E-state index contributed by atoms with van der Waals surface area (Å²) in [4.78, 5) is 4.24. The summed E-state index contributed by atoms with van der Waals surface area (Å²) in [6, 6.07) is 13.6. The summed E-state index contributed by atoms with van der Waals surface area (Å²) in [6.45, 7) is 11.4. The summed E-state index contributed by atoms with van der Waals surface area (Å²) in [5.74, 6) is 1.61. The molecular formula is C23H33N2O2+. The lowest BCUT2D eigenvalue weighted by atomic mass is 10.0. The topological polar surface area (TPSA) is 26.1 Å². The first-order valence-electron chi connectivity index (χ1n) is 9.89. The van der Waals surface area contributed by atoms with E-state index in [0.29, 0.717) is 6.04 Å². The van der Waals surface area contributed by atoms with E-state index in [4.69, 9.17) is 9.47 Å². The Hall–Kier alpha value is -2.20. The number of ether oxygens (including phenoxy) is 2. The van der Waals surface area contributed by atoms with E-state index >= 15 is 0 Å². The SMILES string of the molecule is COc1ccc(C[C@@H](C)[NH+]2CCN(c3cc(C)ccc3C)CC2)cc1OC. The summed E-state index contributed by atoms with van der Waals surface area (Å²) >= 11 is 0. The molecule has 27 heavy (non-hydrogen) atoms. The molecule has 4 nitrogen and oxygen atoms in total. The summed E-state index contributed by atoms with van der Waals surface area (Å²) in [7, 11) is 3.38. The quantitative estimate of drug-likeness (QED) is 0.848. The molecule has 1 aliphatic heterocycles. The van der Waals surface area contributed by atoms with Crippen molar-refractivity contribution in [1.29, 1.82) is 0 Å². The van der Waals surface area contributed by atoms with Crippen LogP contribution in [0.5, 0.6) is 11.5 Å². The number of aryl methyl sites for hydroxylation is 2. The monoisotopic (exact) mass is 369 g/mol. The molecule has 1 fully saturated rings. The molecule has 1 N–H and O–H groups in total. The summed E-state index contributed by atoms with van der Waals surface area (Å²) < 4.78 is 10.8. The van der Waals surface area contributed by atoms with E-state index < -0.39 is 0 Å². The Balaban J connectivity index is 1.60. The van der Waals surface area contributed by atoms with Crippen molar-refractivity contribution in [3.8, 4) is 11.5 Å². The largest absolute Gasteiger partial charge is 0.493 e. The molecule has 0 unspecified atom stereocenters. The third-order valence-corrected chi connectivity index (χ3v) is 5.80. The van der Waals surface area contributed by atoms with Gasteiger partial charge >= 0.3 is 0 Å². The van der Waals surface area contributed by atoms with Gasteiger partial charge in [0.25, 0.3) is 0 Å². The third-order valence-electron chi connectivity index (χ3n) is 5.80. The molecule has 0 amide bonds. The fourth-order valence-corrected chi connectivity index (χ4v) is 4.09. The van der Waals surface area contributed by atoms with Crippen molar-refractivity contribution in [3.63, 3.8) is 0 Å². The second-order valence-electron chi connectivity index (χ2n) is 7.73. The average Bonchev–Trinajstić information content (AvgIpc) is 2.69. The maximum absolute atomic E-state index is 5.45. The van der Waals surface area contributed by atoms with E-state index in [1.54, 1.807) is 19.1 Å². The van der Waals surface area contributed by atoms with Crippen LogP contribution in [0, 0.1) is 13.8 Å². The first-order chi connectivity index (χ1) is 13.0. The van der Waals surface area contributed by atoms with Crippen LogP contribution in [0.2, 0.25) is 0 Å². The van der Waals surface area contributed by atoms with Crippen LogP contribution in [0.3, 0.4) is 0 Å². The molecule has 2 aromatic rings. The minimum absolute atomic E-state index is 0.587. The number of nitrogens with zero attached hydrogens (tertiary/aromatic N) is 1. The van der Waals surface area contributed by atoms with Crippen molar-refractivity contribution < 1.29 is 14.4 Å². The number of hydrogen-bond acceptors (Lipinski definition) is 3. The molecule has 1 heterocycles. The zero-order chi connectivity index (χ0) is 19.4. The van der Waals surface area contributed by atoms with E-state index in [0.717, 1.165) is 31.0 Å². The summed E-state index contributed by atoms with van der Waals surface area (Å²) in [5, 5.41) is 0. The highest BCUT2D eigenvalue weighted by atomic mass is 16.5. The van der Waals surface area contributed by atoms with Crippen molar-refractivity contribution in [3.05, 3.63) is 53.1 Å². The zero-order valence-electron chi connectivity index (χ0n) is 17.3. The molecule has 146 valence electrons. The first-order valence-corrected chi connectivity index (χ1v) is 9.89. The molecule has 0 aliphatic carbocycles. The van der Waals surface area contributed by atoms with Gasteiger partial charge in [-0.25, -0.2) is 0 Å². The lowest BCUT2D eigenvalue weighted by Gasteiger charge is -2.37. The Morgan fingerprint density at radius 1 is 0.963 bits per heavy atom. The van der Waals surface area contributed by atoms with Gasteiger partial charge in [0.2, 0.25) is 0 Å². The minimum atomic E-state index is 0.587. The number of hydrogen-bond donors (Lipinski definition) is 1. The molecule has 0 aromatic heterocycles. The molecule has 3 rings (SSSR count). The Bertz CT molecular complexity index is 767. The van der Waals surface area contributed by atoms with E-state index in [2.05, 4.69) is 56.0 Å². The molecule has 0 radical (unpaired) electrons. The van der Waals surface area contributed by atoms with Crippen LogP contribution in [-0.4, -0.2) is 46.4 Å². The van der Waals surface area contributed by atoms with Crippen LogP contribution in [-0.2, 0) is 6.42 Å². The number of piperazine rings is 1. The van der Waals surface area contributed by atoms with Crippen LogP contribution >= 0.6 is 0 Å². The summed E-state index contributed by atoms with van der Waals surface area (Å²) in [6.07, 6.45) is 1.05. The van der Waals surface area contributed by atoms with Gasteiger partial charge in [0.1, 0.15) is 0 Å². The van der Waals surface area contributed by atoms with Crippen molar-refractivity contribution in [1.82, 2.24) is 0 Å². The normalized spacial score (nSPS) is 16.3. The van der Waals surface area contributed by atoms with E-state index in [9.17, 15) is 0 Å². The molecule has 1 atom stereocenters. The van der Waals surface area contributed by atoms with Gasteiger partial charge in [-0.15, -0.1) is 0 Å². The molecule has 1 saturated heterocycles. The van der Waals surface area contributed by atoms with Crippen molar-refractivity contribution in [2.24, 2.45) is 0 Å². The Morgan fingerprint density at radius 3 is 2.33 bits per heavy atom. The maximum Gasteiger partial charge on any atom is 0.160 e. The van der Waals surface area contributed by atoms with Gasteiger partial charge in [0, 0.05) is 12.1 Å². The number of benzene rings is 2. The molecular weight excluding hydrogens is 336 g/mol. The molecule has 0 spiro atoms. The smallest absolute Gasteiger partial charge is 0.160 e. The second-order valence-corrected chi connectivity index (χ2v) is 7.73. The minimum Gasteiger partial charge on any atom is -0.493 e. The number of rotatable bonds is 6. The molecule has 4 heteroatoms. The molecule has 2 aromatic carbocycles. The van der Waals surface area contributed by atoms with Gasteiger partial charge in [-0.05, 0) is 55.7 Å². The number of anilines is 1. The lowest BCUT2D eigenvalue weighted by molar-refractivity contribution is -0.923. The van der Waals surface area contributed by atoms with Gasteiger partial charge in [-0.3, -0.25) is 0 Å². The number of methoxy groups -OCH3 is 2. The Labute approximate surface area is 163 Å². The van der Waals surface area contributed by atoms with Crippen LogP contribution in [0.1, 0.15) is 23.6 Å². The highest BCUT2D eigenvalue weighted by Gasteiger charge is 2.25. The van der Waals surface area contributed by atoms with Gasteiger partial charge in [0.05, 0.1) is 46.4 Å². The van der Waals surface area contributed by atoms with Gasteiger partial charge in [0.15, 0.2) is 11.5 Å². The van der Waals surface area contributed by atoms with Gasteiger partial charge in [-0.2, -0.15) is 0 Å². The number of nitrogens with one attached hydrogen (secondary N) is 1. The van der Waals surface area contributed by atoms with E-state index in [-0.39, 0.29) is 0 Å². The van der Waals surface area contributed by atoms with Gasteiger partial charge < -0.3 is 19.3 Å². The standard InChI is InChI=1S/C23H32N2O2/c1-17-6-7-18(2)21(14-17)25-12-10-24(11-13-25)19(3)15-20-8-9-22(26-4)23(16-20)27-5/h6-9,14,16,19H,10-13,15H2,1-5H3/p+1/t19-/m1/s1. The molecule has 0 saturated carbocycles. The number of quaternary nitrogens is 1. The highest BCUT2D eigenvalue weighted by Crippen LogP contribution is 2.28. The fourth-order valence-electron chi connectivity index (χ4n) is 4.09. The van der Waals surface area contributed by atoms with Gasteiger partial charge in [-0.1, -0.05) is 18.2 Å². The van der Waals surface area contributed by atoms with Crippen LogP contribution in [0.25, 0.3) is 0 Å². The summed E-state index contributed by atoms with van der Waals surface area (Å²) in [5.41, 5.74) is 5.43. The predicted octanol–water partition coefficient (Wildman–Crippen LogP) is 2.66. The first kappa shape index (κ1) is 19.6. The average molecular weight is 370 g/mol. The molecule has 0 bridgehead atoms. The Kier molecular flexibility index (Phi) is 6.27. The van der Waals surface area contributed by atoms with E-state index in [1.165, 1.54) is 35.5 Å².